The zero-order valence-corrected chi connectivity index (χ0v) is 7.55. The Balaban J connectivity index is 0.000000281. The number of carbonyl (C=O) groups is 1. The molecule has 2 heteroatoms. The van der Waals surface area contributed by atoms with Crippen LogP contribution in [0.25, 0.3) is 0 Å². The predicted octanol–water partition coefficient (Wildman–Crippen LogP) is 1.56. The Morgan fingerprint density at radius 1 is 1.36 bits per heavy atom. The summed E-state index contributed by atoms with van der Waals surface area (Å²) in [4.78, 5) is 10.9. The summed E-state index contributed by atoms with van der Waals surface area (Å²) < 4.78 is 0. The number of hydrogen-bond donors (Lipinski definition) is 1. The van der Waals surface area contributed by atoms with Gasteiger partial charge in [-0.25, -0.2) is 0 Å². The topological polar surface area (TPSA) is 29.1 Å². The molecule has 1 saturated carbocycles. The largest absolute Gasteiger partial charge is 0.353 e. The van der Waals surface area contributed by atoms with Crippen molar-refractivity contribution in [2.45, 2.75) is 39.7 Å². The van der Waals surface area contributed by atoms with E-state index in [0.717, 1.165) is 0 Å². The second-order valence-corrected chi connectivity index (χ2v) is 3.23. The van der Waals surface area contributed by atoms with E-state index in [1.807, 2.05) is 20.8 Å². The van der Waals surface area contributed by atoms with Crippen LogP contribution < -0.4 is 5.32 Å². The van der Waals surface area contributed by atoms with E-state index < -0.39 is 0 Å². The predicted molar refractivity (Wildman–Crippen MR) is 45.2 cm³/mol. The maximum atomic E-state index is 10.9. The van der Waals surface area contributed by atoms with Crippen molar-refractivity contribution in [3.63, 3.8) is 0 Å². The number of rotatable bonds is 0. The van der Waals surface area contributed by atoms with Crippen LogP contribution in [0.15, 0.2) is 0 Å². The van der Waals surface area contributed by atoms with Crippen molar-refractivity contribution < 1.29 is 4.79 Å². The van der Waals surface area contributed by atoms with Crippen LogP contribution in [-0.2, 0) is 4.79 Å². The van der Waals surface area contributed by atoms with Crippen molar-refractivity contribution in [3.8, 4) is 0 Å². The molecule has 3 fully saturated rings. The van der Waals surface area contributed by atoms with E-state index in [2.05, 4.69) is 5.32 Å². The summed E-state index contributed by atoms with van der Waals surface area (Å²) in [6.07, 6.45) is 2.46. The van der Waals surface area contributed by atoms with Crippen LogP contribution in [0, 0.1) is 11.8 Å². The highest BCUT2D eigenvalue weighted by Crippen LogP contribution is 2.37. The number of piperidine rings is 2. The van der Waals surface area contributed by atoms with Gasteiger partial charge in [0.1, 0.15) is 0 Å². The molecular formula is C9H17NO. The smallest absolute Gasteiger partial charge is 0.223 e. The summed E-state index contributed by atoms with van der Waals surface area (Å²) >= 11 is 0. The second-order valence-electron chi connectivity index (χ2n) is 3.23. The van der Waals surface area contributed by atoms with Gasteiger partial charge in [-0.15, -0.1) is 0 Å². The number of amides is 1. The van der Waals surface area contributed by atoms with Crippen molar-refractivity contribution >= 4 is 5.91 Å². The number of carbonyl (C=O) groups excluding carboxylic acids is 1. The van der Waals surface area contributed by atoms with E-state index in [0.29, 0.717) is 12.0 Å². The SMILES string of the molecule is CC.CC1C(=O)NC2CC1C2. The first-order valence-electron chi connectivity index (χ1n) is 4.58. The maximum Gasteiger partial charge on any atom is 0.223 e. The summed E-state index contributed by atoms with van der Waals surface area (Å²) in [5, 5.41) is 2.96. The van der Waals surface area contributed by atoms with Crippen LogP contribution in [0.4, 0.5) is 0 Å². The average molecular weight is 155 g/mol. The van der Waals surface area contributed by atoms with Crippen LogP contribution in [-0.4, -0.2) is 11.9 Å². The monoisotopic (exact) mass is 155 g/mol. The maximum absolute atomic E-state index is 10.9. The minimum Gasteiger partial charge on any atom is -0.353 e. The van der Waals surface area contributed by atoms with Gasteiger partial charge in [-0.3, -0.25) is 4.79 Å². The third-order valence-corrected chi connectivity index (χ3v) is 2.64. The molecule has 2 heterocycles. The van der Waals surface area contributed by atoms with E-state index >= 15 is 0 Å². The quantitative estimate of drug-likeness (QED) is 0.565. The third-order valence-electron chi connectivity index (χ3n) is 2.64. The van der Waals surface area contributed by atoms with Crippen LogP contribution in [0.3, 0.4) is 0 Å². The lowest BCUT2D eigenvalue weighted by molar-refractivity contribution is -0.134. The van der Waals surface area contributed by atoms with Gasteiger partial charge in [0, 0.05) is 12.0 Å². The first kappa shape index (κ1) is 8.57. The first-order chi connectivity index (χ1) is 5.27. The van der Waals surface area contributed by atoms with Gasteiger partial charge in [0.15, 0.2) is 0 Å². The zero-order chi connectivity index (χ0) is 8.43. The van der Waals surface area contributed by atoms with Crippen molar-refractivity contribution in [1.82, 2.24) is 5.32 Å². The molecule has 1 amide bonds. The van der Waals surface area contributed by atoms with Gasteiger partial charge in [-0.2, -0.15) is 0 Å². The number of fused-ring (bicyclic) bond motifs is 2. The lowest BCUT2D eigenvalue weighted by Gasteiger charge is -2.45. The highest BCUT2D eigenvalue weighted by atomic mass is 16.2. The van der Waals surface area contributed by atoms with Crippen molar-refractivity contribution in [1.29, 1.82) is 0 Å². The van der Waals surface area contributed by atoms with Gasteiger partial charge >= 0.3 is 0 Å². The van der Waals surface area contributed by atoms with Gasteiger partial charge in [0.25, 0.3) is 0 Å². The normalized spacial score (nSPS) is 39.5. The fourth-order valence-electron chi connectivity index (χ4n) is 1.73. The number of nitrogens with one attached hydrogen (secondary N) is 1. The fraction of sp³-hybridized carbons (Fsp3) is 0.889. The van der Waals surface area contributed by atoms with Crippen LogP contribution in [0.1, 0.15) is 33.6 Å². The van der Waals surface area contributed by atoms with E-state index in [1.165, 1.54) is 12.8 Å². The van der Waals surface area contributed by atoms with Crippen molar-refractivity contribution in [2.75, 3.05) is 0 Å². The molecule has 0 radical (unpaired) electrons. The highest BCUT2D eigenvalue weighted by Gasteiger charge is 2.42. The molecule has 2 nitrogen and oxygen atoms in total. The van der Waals surface area contributed by atoms with E-state index in [1.54, 1.807) is 0 Å². The highest BCUT2D eigenvalue weighted by molar-refractivity contribution is 5.80. The average Bonchev–Trinajstić information content (AvgIpc) is 1.96. The van der Waals surface area contributed by atoms with E-state index in [-0.39, 0.29) is 11.8 Å². The molecular weight excluding hydrogens is 138 g/mol. The van der Waals surface area contributed by atoms with E-state index in [4.69, 9.17) is 0 Å². The Kier molecular flexibility index (Phi) is 2.53. The molecule has 3 aliphatic rings. The Morgan fingerprint density at radius 3 is 2.18 bits per heavy atom. The van der Waals surface area contributed by atoms with Gasteiger partial charge in [0.05, 0.1) is 0 Å². The molecule has 64 valence electrons. The molecule has 3 rings (SSSR count). The summed E-state index contributed by atoms with van der Waals surface area (Å²) in [5.41, 5.74) is 0. The summed E-state index contributed by atoms with van der Waals surface area (Å²) in [6.45, 7) is 6.02. The van der Waals surface area contributed by atoms with Gasteiger partial charge < -0.3 is 5.32 Å². The number of hydrogen-bond acceptors (Lipinski definition) is 1. The third kappa shape index (κ3) is 1.39. The second kappa shape index (κ2) is 3.24. The molecule has 1 unspecified atom stereocenters. The molecule has 0 aromatic heterocycles. The summed E-state index contributed by atoms with van der Waals surface area (Å²) in [6, 6.07) is 0.540. The fourth-order valence-corrected chi connectivity index (χ4v) is 1.73. The first-order valence-corrected chi connectivity index (χ1v) is 4.58. The lowest BCUT2D eigenvalue weighted by atomic mass is 9.69. The standard InChI is InChI=1S/C7H11NO.C2H6/c1-4-5-2-6(3-5)8-7(4)9;1-2/h4-6H,2-3H2,1H3,(H,8,9);1-2H3. The molecule has 0 aromatic rings. The van der Waals surface area contributed by atoms with E-state index in [9.17, 15) is 4.79 Å². The van der Waals surface area contributed by atoms with Gasteiger partial charge in [-0.05, 0) is 18.8 Å². The van der Waals surface area contributed by atoms with Crippen LogP contribution >= 0.6 is 0 Å². The Hall–Kier alpha value is -0.530. The van der Waals surface area contributed by atoms with Crippen molar-refractivity contribution in [3.05, 3.63) is 0 Å². The molecule has 0 aromatic carbocycles. The molecule has 1 aliphatic carbocycles. The minimum absolute atomic E-state index is 0.266. The molecule has 2 aliphatic heterocycles. The Morgan fingerprint density at radius 2 is 1.91 bits per heavy atom. The van der Waals surface area contributed by atoms with Crippen LogP contribution in [0.2, 0.25) is 0 Å². The van der Waals surface area contributed by atoms with Crippen LogP contribution in [0.5, 0.6) is 0 Å². The van der Waals surface area contributed by atoms with Crippen molar-refractivity contribution in [2.24, 2.45) is 11.8 Å². The van der Waals surface area contributed by atoms with Gasteiger partial charge in [-0.1, -0.05) is 20.8 Å². The van der Waals surface area contributed by atoms with Gasteiger partial charge in [0.2, 0.25) is 5.91 Å². The Labute approximate surface area is 68.4 Å². The summed E-state index contributed by atoms with van der Waals surface area (Å²) in [5.74, 6) is 1.27. The molecule has 1 N–H and O–H groups in total. The lowest BCUT2D eigenvalue weighted by Crippen LogP contribution is -2.56. The summed E-state index contributed by atoms with van der Waals surface area (Å²) in [7, 11) is 0. The molecule has 11 heavy (non-hydrogen) atoms. The minimum atomic E-state index is 0.266. The zero-order valence-electron chi connectivity index (χ0n) is 7.55. The molecule has 2 bridgehead atoms. The molecule has 1 atom stereocenters. The molecule has 2 saturated heterocycles. The molecule has 0 spiro atoms. The Bertz CT molecular complexity index is 150.